The van der Waals surface area contributed by atoms with Crippen molar-refractivity contribution in [3.8, 4) is 0 Å². The fraction of sp³-hybridized carbons (Fsp3) is 1.00. The van der Waals surface area contributed by atoms with Crippen LogP contribution < -0.4 is 0 Å². The number of hydrogen-bond acceptors (Lipinski definition) is 5. The van der Waals surface area contributed by atoms with Crippen LogP contribution in [0, 0.1) is 0 Å². The third-order valence-electron chi connectivity index (χ3n) is 2.12. The largest absolute Gasteiger partial charge is 0.394 e. The van der Waals surface area contributed by atoms with Gasteiger partial charge in [0.1, 0.15) is 0 Å². The van der Waals surface area contributed by atoms with Crippen LogP contribution in [-0.2, 0) is 14.3 Å². The van der Waals surface area contributed by atoms with Gasteiger partial charge < -0.3 is 10.0 Å². The SMILES string of the molecule is CCN(CC)CCCS(=O)(=O)OCCO. The highest BCUT2D eigenvalue weighted by molar-refractivity contribution is 7.86. The summed E-state index contributed by atoms with van der Waals surface area (Å²) in [6, 6.07) is 0. The molecule has 0 rings (SSSR count). The molecule has 0 aliphatic heterocycles. The molecule has 0 fully saturated rings. The quantitative estimate of drug-likeness (QED) is 0.576. The summed E-state index contributed by atoms with van der Waals surface area (Å²) in [5.74, 6) is 0.0174. The van der Waals surface area contributed by atoms with Gasteiger partial charge in [-0.3, -0.25) is 4.18 Å². The highest BCUT2D eigenvalue weighted by Gasteiger charge is 2.11. The van der Waals surface area contributed by atoms with Crippen LogP contribution in [0.3, 0.4) is 0 Å². The van der Waals surface area contributed by atoms with Crippen LogP contribution in [-0.4, -0.2) is 57.0 Å². The Morgan fingerprint density at radius 3 is 2.33 bits per heavy atom. The van der Waals surface area contributed by atoms with E-state index in [4.69, 9.17) is 5.11 Å². The van der Waals surface area contributed by atoms with Crippen LogP contribution in [0.4, 0.5) is 0 Å². The van der Waals surface area contributed by atoms with Gasteiger partial charge in [0.2, 0.25) is 0 Å². The Kier molecular flexibility index (Phi) is 7.95. The normalized spacial score (nSPS) is 12.3. The lowest BCUT2D eigenvalue weighted by Crippen LogP contribution is -2.26. The summed E-state index contributed by atoms with van der Waals surface area (Å²) in [7, 11) is -3.44. The highest BCUT2D eigenvalue weighted by atomic mass is 32.2. The predicted molar refractivity (Wildman–Crippen MR) is 59.2 cm³/mol. The van der Waals surface area contributed by atoms with E-state index in [9.17, 15) is 8.42 Å². The summed E-state index contributed by atoms with van der Waals surface area (Å²) in [5, 5.41) is 8.42. The average molecular weight is 239 g/mol. The molecule has 0 spiro atoms. The average Bonchev–Trinajstić information content (AvgIpc) is 2.22. The van der Waals surface area contributed by atoms with E-state index in [1.807, 2.05) is 13.8 Å². The third-order valence-corrected chi connectivity index (χ3v) is 3.43. The molecule has 0 bridgehead atoms. The fourth-order valence-corrected chi connectivity index (χ4v) is 2.16. The number of hydrogen-bond donors (Lipinski definition) is 1. The number of aliphatic hydroxyl groups is 1. The van der Waals surface area contributed by atoms with Gasteiger partial charge in [0.25, 0.3) is 10.1 Å². The molecule has 0 radical (unpaired) electrons. The van der Waals surface area contributed by atoms with Gasteiger partial charge >= 0.3 is 0 Å². The maximum absolute atomic E-state index is 11.2. The van der Waals surface area contributed by atoms with E-state index in [2.05, 4.69) is 9.08 Å². The van der Waals surface area contributed by atoms with Crippen molar-refractivity contribution < 1.29 is 17.7 Å². The number of aliphatic hydroxyl groups excluding tert-OH is 1. The molecule has 92 valence electrons. The van der Waals surface area contributed by atoms with Gasteiger partial charge in [-0.2, -0.15) is 8.42 Å². The summed E-state index contributed by atoms with van der Waals surface area (Å²) in [6.07, 6.45) is 0.565. The third kappa shape index (κ3) is 7.72. The maximum atomic E-state index is 11.2. The first-order valence-electron chi connectivity index (χ1n) is 5.26. The smallest absolute Gasteiger partial charge is 0.267 e. The van der Waals surface area contributed by atoms with Crippen LogP contribution in [0.2, 0.25) is 0 Å². The monoisotopic (exact) mass is 239 g/mol. The Hall–Kier alpha value is -0.170. The summed E-state index contributed by atoms with van der Waals surface area (Å²) in [4.78, 5) is 2.15. The lowest BCUT2D eigenvalue weighted by molar-refractivity contribution is 0.204. The van der Waals surface area contributed by atoms with Crippen LogP contribution in [0.25, 0.3) is 0 Å². The van der Waals surface area contributed by atoms with Crippen LogP contribution in [0.1, 0.15) is 20.3 Å². The van der Waals surface area contributed by atoms with Crippen molar-refractivity contribution in [1.82, 2.24) is 4.90 Å². The molecular weight excluding hydrogens is 218 g/mol. The summed E-state index contributed by atoms with van der Waals surface area (Å²) < 4.78 is 26.9. The second-order valence-electron chi connectivity index (χ2n) is 3.19. The van der Waals surface area contributed by atoms with Crippen molar-refractivity contribution in [2.75, 3.05) is 38.6 Å². The van der Waals surface area contributed by atoms with Crippen molar-refractivity contribution >= 4 is 10.1 Å². The lowest BCUT2D eigenvalue weighted by atomic mass is 10.4. The number of rotatable bonds is 9. The Balaban J connectivity index is 3.74. The highest BCUT2D eigenvalue weighted by Crippen LogP contribution is 1.98. The molecule has 0 atom stereocenters. The molecule has 15 heavy (non-hydrogen) atoms. The summed E-state index contributed by atoms with van der Waals surface area (Å²) >= 11 is 0. The van der Waals surface area contributed by atoms with Gasteiger partial charge in [0.05, 0.1) is 19.0 Å². The molecule has 0 amide bonds. The van der Waals surface area contributed by atoms with Crippen molar-refractivity contribution in [3.63, 3.8) is 0 Å². The maximum Gasteiger partial charge on any atom is 0.267 e. The zero-order valence-electron chi connectivity index (χ0n) is 9.48. The first-order valence-corrected chi connectivity index (χ1v) is 6.83. The van der Waals surface area contributed by atoms with Crippen molar-refractivity contribution in [2.24, 2.45) is 0 Å². The van der Waals surface area contributed by atoms with Gasteiger partial charge in [-0.15, -0.1) is 0 Å². The van der Waals surface area contributed by atoms with E-state index in [1.54, 1.807) is 0 Å². The molecule has 0 saturated heterocycles. The summed E-state index contributed by atoms with van der Waals surface area (Å²) in [5.41, 5.74) is 0. The fourth-order valence-electron chi connectivity index (χ4n) is 1.23. The predicted octanol–water partition coefficient (Wildman–Crippen LogP) is 0.0570. The Morgan fingerprint density at radius 2 is 1.87 bits per heavy atom. The molecule has 0 saturated carbocycles. The molecule has 0 aliphatic carbocycles. The van der Waals surface area contributed by atoms with Gasteiger partial charge in [0.15, 0.2) is 0 Å². The Bertz CT molecular complexity index is 236. The van der Waals surface area contributed by atoms with E-state index in [0.717, 1.165) is 19.6 Å². The second-order valence-corrected chi connectivity index (χ2v) is 4.95. The molecule has 0 aromatic rings. The van der Waals surface area contributed by atoms with Gasteiger partial charge in [-0.1, -0.05) is 13.8 Å². The Labute approximate surface area is 92.2 Å². The van der Waals surface area contributed by atoms with Gasteiger partial charge in [-0.25, -0.2) is 0 Å². The van der Waals surface area contributed by atoms with Gasteiger partial charge in [0, 0.05) is 0 Å². The number of nitrogens with zero attached hydrogens (tertiary/aromatic N) is 1. The first kappa shape index (κ1) is 14.8. The molecule has 1 N–H and O–H groups in total. The zero-order chi connectivity index (χ0) is 11.7. The van der Waals surface area contributed by atoms with E-state index in [0.29, 0.717) is 6.42 Å². The standard InChI is InChI=1S/C9H21NO4S/c1-3-10(4-2)6-5-9-15(12,13)14-8-7-11/h11H,3-9H2,1-2H3. The zero-order valence-corrected chi connectivity index (χ0v) is 10.3. The molecule has 0 heterocycles. The molecule has 0 aromatic heterocycles. The van der Waals surface area contributed by atoms with Crippen molar-refractivity contribution in [2.45, 2.75) is 20.3 Å². The van der Waals surface area contributed by atoms with E-state index >= 15 is 0 Å². The molecule has 0 aliphatic rings. The molecule has 0 aromatic carbocycles. The van der Waals surface area contributed by atoms with Gasteiger partial charge in [-0.05, 0) is 26.1 Å². The minimum Gasteiger partial charge on any atom is -0.394 e. The molecule has 5 nitrogen and oxygen atoms in total. The van der Waals surface area contributed by atoms with E-state index < -0.39 is 10.1 Å². The molecular formula is C9H21NO4S. The van der Waals surface area contributed by atoms with E-state index in [1.165, 1.54) is 0 Å². The summed E-state index contributed by atoms with van der Waals surface area (Å²) in [6.45, 7) is 6.28. The van der Waals surface area contributed by atoms with Crippen molar-refractivity contribution in [3.05, 3.63) is 0 Å². The minimum atomic E-state index is -3.44. The van der Waals surface area contributed by atoms with Crippen LogP contribution >= 0.6 is 0 Å². The molecule has 0 unspecified atom stereocenters. The minimum absolute atomic E-state index is 0.0174. The molecule has 6 heteroatoms. The topological polar surface area (TPSA) is 66.8 Å². The van der Waals surface area contributed by atoms with Crippen LogP contribution in [0.5, 0.6) is 0 Å². The van der Waals surface area contributed by atoms with Crippen LogP contribution in [0.15, 0.2) is 0 Å². The first-order chi connectivity index (χ1) is 7.05. The lowest BCUT2D eigenvalue weighted by Gasteiger charge is -2.17. The van der Waals surface area contributed by atoms with Crippen molar-refractivity contribution in [1.29, 1.82) is 0 Å². The van der Waals surface area contributed by atoms with E-state index in [-0.39, 0.29) is 19.0 Å². The second kappa shape index (κ2) is 8.04. The Morgan fingerprint density at radius 1 is 1.27 bits per heavy atom.